The molecule has 0 saturated heterocycles. The van der Waals surface area contributed by atoms with Gasteiger partial charge in [0.1, 0.15) is 0 Å². The maximum absolute atomic E-state index is 10.1. The Kier molecular flexibility index (Phi) is 3.52. The SMILES string of the molecule is Cc1ccnc(N(C)C2CCCCC2O)c1N. The predicted octanol–water partition coefficient (Wildman–Crippen LogP) is 1.71. The predicted molar refractivity (Wildman–Crippen MR) is 70.1 cm³/mol. The number of pyridine rings is 1. The Bertz CT molecular complexity index is 394. The summed E-state index contributed by atoms with van der Waals surface area (Å²) < 4.78 is 0. The molecule has 1 saturated carbocycles. The van der Waals surface area contributed by atoms with Gasteiger partial charge in [-0.05, 0) is 31.4 Å². The van der Waals surface area contributed by atoms with Crippen LogP contribution in [-0.4, -0.2) is 29.3 Å². The van der Waals surface area contributed by atoms with Crippen molar-refractivity contribution in [3.8, 4) is 0 Å². The average Bonchev–Trinajstić information content (AvgIpc) is 2.32. The van der Waals surface area contributed by atoms with Crippen molar-refractivity contribution in [1.29, 1.82) is 0 Å². The van der Waals surface area contributed by atoms with Crippen molar-refractivity contribution in [1.82, 2.24) is 4.98 Å². The van der Waals surface area contributed by atoms with Gasteiger partial charge in [0.25, 0.3) is 0 Å². The summed E-state index contributed by atoms with van der Waals surface area (Å²) in [4.78, 5) is 6.37. The van der Waals surface area contributed by atoms with E-state index < -0.39 is 0 Å². The van der Waals surface area contributed by atoms with Crippen molar-refractivity contribution < 1.29 is 5.11 Å². The molecule has 17 heavy (non-hydrogen) atoms. The lowest BCUT2D eigenvalue weighted by atomic mass is 9.91. The van der Waals surface area contributed by atoms with Gasteiger partial charge in [-0.2, -0.15) is 0 Å². The van der Waals surface area contributed by atoms with E-state index >= 15 is 0 Å². The number of anilines is 2. The standard InChI is InChI=1S/C13H21N3O/c1-9-7-8-15-13(12(9)14)16(2)10-5-3-4-6-11(10)17/h7-8,10-11,17H,3-6,14H2,1-2H3. The lowest BCUT2D eigenvalue weighted by Crippen LogP contribution is -2.44. The molecule has 1 aliphatic rings. The molecular formula is C13H21N3O. The van der Waals surface area contributed by atoms with Gasteiger partial charge in [-0.1, -0.05) is 12.8 Å². The first-order valence-electron chi connectivity index (χ1n) is 6.23. The topological polar surface area (TPSA) is 62.4 Å². The fourth-order valence-corrected chi connectivity index (χ4v) is 2.54. The van der Waals surface area contributed by atoms with Crippen LogP contribution in [0.25, 0.3) is 0 Å². The molecule has 2 atom stereocenters. The lowest BCUT2D eigenvalue weighted by molar-refractivity contribution is 0.106. The Balaban J connectivity index is 2.23. The minimum atomic E-state index is -0.268. The van der Waals surface area contributed by atoms with E-state index in [0.29, 0.717) is 5.69 Å². The second-order valence-corrected chi connectivity index (χ2v) is 4.90. The van der Waals surface area contributed by atoms with Gasteiger partial charge in [0.05, 0.1) is 17.8 Å². The van der Waals surface area contributed by atoms with Crippen LogP contribution < -0.4 is 10.6 Å². The van der Waals surface area contributed by atoms with Gasteiger partial charge in [0, 0.05) is 13.2 Å². The molecule has 0 spiro atoms. The van der Waals surface area contributed by atoms with Gasteiger partial charge in [0.15, 0.2) is 5.82 Å². The summed E-state index contributed by atoms with van der Waals surface area (Å²) in [5.74, 6) is 0.788. The van der Waals surface area contributed by atoms with Gasteiger partial charge in [-0.15, -0.1) is 0 Å². The molecule has 94 valence electrons. The number of nitrogens with zero attached hydrogens (tertiary/aromatic N) is 2. The van der Waals surface area contributed by atoms with Gasteiger partial charge in [0.2, 0.25) is 0 Å². The van der Waals surface area contributed by atoms with E-state index in [0.717, 1.165) is 37.1 Å². The fourth-order valence-electron chi connectivity index (χ4n) is 2.54. The average molecular weight is 235 g/mol. The Labute approximate surface area is 102 Å². The number of hydrogen-bond acceptors (Lipinski definition) is 4. The molecule has 1 aliphatic carbocycles. The second kappa shape index (κ2) is 4.92. The third-order valence-corrected chi connectivity index (χ3v) is 3.71. The summed E-state index contributed by atoms with van der Waals surface area (Å²) in [6.45, 7) is 1.98. The normalized spacial score (nSPS) is 24.6. The van der Waals surface area contributed by atoms with E-state index in [2.05, 4.69) is 4.98 Å². The monoisotopic (exact) mass is 235 g/mol. The summed E-state index contributed by atoms with van der Waals surface area (Å²) >= 11 is 0. The van der Waals surface area contributed by atoms with Gasteiger partial charge in [-0.25, -0.2) is 4.98 Å². The van der Waals surface area contributed by atoms with Crippen LogP contribution in [0.1, 0.15) is 31.2 Å². The first-order chi connectivity index (χ1) is 8.11. The number of nitrogen functional groups attached to an aromatic ring is 1. The third-order valence-electron chi connectivity index (χ3n) is 3.71. The highest BCUT2D eigenvalue weighted by Crippen LogP contribution is 2.29. The number of hydrogen-bond donors (Lipinski definition) is 2. The Morgan fingerprint density at radius 1 is 1.41 bits per heavy atom. The Hall–Kier alpha value is -1.29. The van der Waals surface area contributed by atoms with Crippen molar-refractivity contribution in [3.63, 3.8) is 0 Å². The second-order valence-electron chi connectivity index (χ2n) is 4.90. The van der Waals surface area contributed by atoms with Crippen molar-refractivity contribution in [3.05, 3.63) is 17.8 Å². The molecule has 1 aromatic heterocycles. The van der Waals surface area contributed by atoms with Crippen molar-refractivity contribution in [2.75, 3.05) is 17.7 Å². The van der Waals surface area contributed by atoms with E-state index in [1.165, 1.54) is 0 Å². The first kappa shape index (κ1) is 12.2. The van der Waals surface area contributed by atoms with Crippen molar-refractivity contribution in [2.24, 2.45) is 0 Å². The van der Waals surface area contributed by atoms with Crippen molar-refractivity contribution in [2.45, 2.75) is 44.8 Å². The number of rotatable bonds is 2. The Morgan fingerprint density at radius 3 is 2.82 bits per heavy atom. The van der Waals surface area contributed by atoms with Crippen LogP contribution in [0.2, 0.25) is 0 Å². The van der Waals surface area contributed by atoms with Crippen LogP contribution in [0.3, 0.4) is 0 Å². The molecule has 1 fully saturated rings. The van der Waals surface area contributed by atoms with Crippen LogP contribution in [0.15, 0.2) is 12.3 Å². The zero-order valence-corrected chi connectivity index (χ0v) is 10.6. The quantitative estimate of drug-likeness (QED) is 0.819. The molecule has 0 amide bonds. The van der Waals surface area contributed by atoms with Crippen LogP contribution in [0.4, 0.5) is 11.5 Å². The van der Waals surface area contributed by atoms with Crippen LogP contribution >= 0.6 is 0 Å². The van der Waals surface area contributed by atoms with E-state index in [4.69, 9.17) is 5.73 Å². The van der Waals surface area contributed by atoms with Gasteiger partial charge in [-0.3, -0.25) is 0 Å². The van der Waals surface area contributed by atoms with E-state index in [-0.39, 0.29) is 12.1 Å². The zero-order chi connectivity index (χ0) is 12.4. The van der Waals surface area contributed by atoms with Gasteiger partial charge >= 0.3 is 0 Å². The highest BCUT2D eigenvalue weighted by atomic mass is 16.3. The van der Waals surface area contributed by atoms with Crippen LogP contribution in [0, 0.1) is 6.92 Å². The van der Waals surface area contributed by atoms with E-state index in [9.17, 15) is 5.11 Å². The summed E-state index contributed by atoms with van der Waals surface area (Å²) in [6.07, 6.45) is 5.66. The summed E-state index contributed by atoms with van der Waals surface area (Å²) in [6, 6.07) is 2.05. The van der Waals surface area contributed by atoms with Crippen LogP contribution in [0.5, 0.6) is 0 Å². The summed E-state index contributed by atoms with van der Waals surface area (Å²) in [5.41, 5.74) is 7.80. The summed E-state index contributed by atoms with van der Waals surface area (Å²) in [7, 11) is 1.97. The maximum atomic E-state index is 10.1. The lowest BCUT2D eigenvalue weighted by Gasteiger charge is -2.36. The molecule has 0 bridgehead atoms. The molecular weight excluding hydrogens is 214 g/mol. The van der Waals surface area contributed by atoms with Crippen molar-refractivity contribution >= 4 is 11.5 Å². The minimum absolute atomic E-state index is 0.139. The van der Waals surface area contributed by atoms with E-state index in [1.807, 2.05) is 24.9 Å². The third kappa shape index (κ3) is 2.36. The molecule has 2 rings (SSSR count). The minimum Gasteiger partial charge on any atom is -0.396 e. The zero-order valence-electron chi connectivity index (χ0n) is 10.6. The number of likely N-dealkylation sites (N-methyl/N-ethyl adjacent to an activating group) is 1. The molecule has 4 nitrogen and oxygen atoms in total. The molecule has 0 aliphatic heterocycles. The number of aromatic nitrogens is 1. The maximum Gasteiger partial charge on any atom is 0.152 e. The number of aryl methyl sites for hydroxylation is 1. The largest absolute Gasteiger partial charge is 0.396 e. The number of nitrogens with two attached hydrogens (primary N) is 1. The molecule has 4 heteroatoms. The fraction of sp³-hybridized carbons (Fsp3) is 0.615. The highest BCUT2D eigenvalue weighted by Gasteiger charge is 2.28. The van der Waals surface area contributed by atoms with Crippen LogP contribution in [-0.2, 0) is 0 Å². The van der Waals surface area contributed by atoms with Gasteiger partial charge < -0.3 is 15.7 Å². The molecule has 3 N–H and O–H groups in total. The van der Waals surface area contributed by atoms with E-state index in [1.54, 1.807) is 6.20 Å². The number of aliphatic hydroxyl groups excluding tert-OH is 1. The molecule has 0 radical (unpaired) electrons. The summed E-state index contributed by atoms with van der Waals surface area (Å²) in [5, 5.41) is 10.1. The Morgan fingerprint density at radius 2 is 2.12 bits per heavy atom. The molecule has 0 aromatic carbocycles. The number of aliphatic hydroxyl groups is 1. The smallest absolute Gasteiger partial charge is 0.152 e. The first-order valence-corrected chi connectivity index (χ1v) is 6.23. The highest BCUT2D eigenvalue weighted by molar-refractivity contribution is 5.66. The molecule has 2 unspecified atom stereocenters. The molecule has 1 aromatic rings. The molecule has 1 heterocycles.